The van der Waals surface area contributed by atoms with Crippen LogP contribution in [0, 0.1) is 0 Å². The maximum Gasteiger partial charge on any atom is 0.251 e. The van der Waals surface area contributed by atoms with Crippen molar-refractivity contribution in [2.75, 3.05) is 6.54 Å². The Kier molecular flexibility index (Phi) is 4.97. The summed E-state index contributed by atoms with van der Waals surface area (Å²) in [6.45, 7) is 4.50. The lowest BCUT2D eigenvalue weighted by Crippen LogP contribution is -2.52. The topological polar surface area (TPSA) is 55.1 Å². The molecule has 0 saturated carbocycles. The minimum atomic E-state index is -0.309. The fraction of sp³-hybridized carbons (Fsp3) is 0.462. The van der Waals surface area contributed by atoms with Gasteiger partial charge < -0.3 is 11.1 Å². The van der Waals surface area contributed by atoms with Gasteiger partial charge in [0.25, 0.3) is 5.91 Å². The third-order valence-electron chi connectivity index (χ3n) is 3.23. The molecule has 1 aromatic rings. The molecule has 0 bridgehead atoms. The number of nitrogens with two attached hydrogens (primary N) is 1. The molecular weight excluding hydrogens is 236 g/mol. The molecule has 0 heterocycles. The summed E-state index contributed by atoms with van der Waals surface area (Å²) in [5.41, 5.74) is 6.04. The maximum absolute atomic E-state index is 12.0. The number of carbonyl (C=O) groups is 1. The Morgan fingerprint density at radius 2 is 1.82 bits per heavy atom. The van der Waals surface area contributed by atoms with Crippen LogP contribution in [0.4, 0.5) is 0 Å². The lowest BCUT2D eigenvalue weighted by molar-refractivity contribution is 0.0895. The predicted molar refractivity (Wildman–Crippen MR) is 71.3 cm³/mol. The van der Waals surface area contributed by atoms with Crippen LogP contribution >= 0.6 is 11.6 Å². The molecule has 0 unspecified atom stereocenters. The van der Waals surface area contributed by atoms with Crippen LogP contribution in [0.15, 0.2) is 24.3 Å². The summed E-state index contributed by atoms with van der Waals surface area (Å²) in [7, 11) is 0. The molecule has 0 aliphatic heterocycles. The highest BCUT2D eigenvalue weighted by Crippen LogP contribution is 2.15. The third-order valence-corrected chi connectivity index (χ3v) is 3.48. The second kappa shape index (κ2) is 6.03. The van der Waals surface area contributed by atoms with E-state index in [1.807, 2.05) is 13.8 Å². The molecule has 0 aliphatic carbocycles. The highest BCUT2D eigenvalue weighted by Gasteiger charge is 2.26. The minimum Gasteiger partial charge on any atom is -0.345 e. The van der Waals surface area contributed by atoms with Crippen molar-refractivity contribution < 1.29 is 4.79 Å². The number of carbonyl (C=O) groups excluding carboxylic acids is 1. The van der Waals surface area contributed by atoms with Crippen molar-refractivity contribution in [3.63, 3.8) is 0 Å². The van der Waals surface area contributed by atoms with Gasteiger partial charge in [-0.05, 0) is 37.1 Å². The summed E-state index contributed by atoms with van der Waals surface area (Å²) in [6.07, 6.45) is 1.64. The number of hydrogen-bond acceptors (Lipinski definition) is 2. The molecule has 0 radical (unpaired) electrons. The van der Waals surface area contributed by atoms with E-state index < -0.39 is 0 Å². The van der Waals surface area contributed by atoms with Crippen LogP contribution in [0.3, 0.4) is 0 Å². The van der Waals surface area contributed by atoms with Crippen LogP contribution in [-0.2, 0) is 0 Å². The fourth-order valence-corrected chi connectivity index (χ4v) is 1.81. The van der Waals surface area contributed by atoms with E-state index in [4.69, 9.17) is 17.3 Å². The van der Waals surface area contributed by atoms with Crippen molar-refractivity contribution in [3.8, 4) is 0 Å². The Labute approximate surface area is 107 Å². The molecule has 0 spiro atoms. The zero-order valence-corrected chi connectivity index (χ0v) is 11.1. The lowest BCUT2D eigenvalue weighted by Gasteiger charge is -2.31. The van der Waals surface area contributed by atoms with E-state index in [1.54, 1.807) is 24.3 Å². The van der Waals surface area contributed by atoms with Crippen LogP contribution < -0.4 is 11.1 Å². The number of rotatable bonds is 5. The van der Waals surface area contributed by atoms with Crippen LogP contribution in [0.1, 0.15) is 37.0 Å². The molecule has 0 atom stereocenters. The molecule has 4 heteroatoms. The van der Waals surface area contributed by atoms with Gasteiger partial charge in [-0.25, -0.2) is 0 Å². The summed E-state index contributed by atoms with van der Waals surface area (Å²) < 4.78 is 0. The second-order valence-corrected chi connectivity index (χ2v) is 4.59. The molecule has 1 rings (SSSR count). The van der Waals surface area contributed by atoms with Gasteiger partial charge in [-0.3, -0.25) is 4.79 Å². The van der Waals surface area contributed by atoms with Crippen molar-refractivity contribution in [1.82, 2.24) is 5.32 Å². The van der Waals surface area contributed by atoms with E-state index in [0.29, 0.717) is 17.1 Å². The lowest BCUT2D eigenvalue weighted by atomic mass is 9.92. The summed E-state index contributed by atoms with van der Waals surface area (Å²) in [4.78, 5) is 12.0. The molecule has 0 fully saturated rings. The number of hydrogen-bond donors (Lipinski definition) is 2. The Bertz CT molecular complexity index is 363. The van der Waals surface area contributed by atoms with Crippen LogP contribution in [-0.4, -0.2) is 18.0 Å². The monoisotopic (exact) mass is 254 g/mol. The quantitative estimate of drug-likeness (QED) is 0.849. The zero-order valence-electron chi connectivity index (χ0n) is 10.3. The molecular formula is C13H19ClN2O. The van der Waals surface area contributed by atoms with Crippen LogP contribution in [0.25, 0.3) is 0 Å². The SMILES string of the molecule is CCC(CC)(CN)NC(=O)c1ccc(Cl)cc1. The summed E-state index contributed by atoms with van der Waals surface area (Å²) in [6, 6.07) is 6.84. The standard InChI is InChI=1S/C13H19ClN2O/c1-3-13(4-2,9-15)16-12(17)10-5-7-11(14)8-6-10/h5-8H,3-4,9,15H2,1-2H3,(H,16,17). The first-order valence-corrected chi connectivity index (χ1v) is 6.23. The zero-order chi connectivity index (χ0) is 12.9. The van der Waals surface area contributed by atoms with Gasteiger partial charge in [-0.15, -0.1) is 0 Å². The van der Waals surface area contributed by atoms with Gasteiger partial charge in [0, 0.05) is 17.1 Å². The molecule has 0 aromatic heterocycles. The number of amides is 1. The van der Waals surface area contributed by atoms with E-state index in [1.165, 1.54) is 0 Å². The van der Waals surface area contributed by atoms with Crippen molar-refractivity contribution in [3.05, 3.63) is 34.9 Å². The first-order valence-electron chi connectivity index (χ1n) is 5.85. The van der Waals surface area contributed by atoms with E-state index in [9.17, 15) is 4.79 Å². The molecule has 94 valence electrons. The van der Waals surface area contributed by atoms with Crippen molar-refractivity contribution in [2.45, 2.75) is 32.2 Å². The van der Waals surface area contributed by atoms with Gasteiger partial charge in [0.1, 0.15) is 0 Å². The van der Waals surface area contributed by atoms with Gasteiger partial charge in [0.15, 0.2) is 0 Å². The molecule has 0 aliphatic rings. The van der Waals surface area contributed by atoms with E-state index in [0.717, 1.165) is 12.8 Å². The van der Waals surface area contributed by atoms with Crippen LogP contribution in [0.2, 0.25) is 5.02 Å². The molecule has 3 N–H and O–H groups in total. The van der Waals surface area contributed by atoms with E-state index in [-0.39, 0.29) is 11.4 Å². The highest BCUT2D eigenvalue weighted by atomic mass is 35.5. The van der Waals surface area contributed by atoms with Gasteiger partial charge >= 0.3 is 0 Å². The van der Waals surface area contributed by atoms with Gasteiger partial charge in [-0.1, -0.05) is 25.4 Å². The Balaban J connectivity index is 2.81. The van der Waals surface area contributed by atoms with Crippen molar-refractivity contribution >= 4 is 17.5 Å². The first-order chi connectivity index (χ1) is 8.06. The molecule has 1 aromatic carbocycles. The van der Waals surface area contributed by atoms with Gasteiger partial charge in [0.05, 0.1) is 5.54 Å². The molecule has 1 amide bonds. The number of nitrogens with one attached hydrogen (secondary N) is 1. The van der Waals surface area contributed by atoms with Gasteiger partial charge in [-0.2, -0.15) is 0 Å². The van der Waals surface area contributed by atoms with E-state index >= 15 is 0 Å². The maximum atomic E-state index is 12.0. The summed E-state index contributed by atoms with van der Waals surface area (Å²) in [5.74, 6) is -0.101. The number of halogens is 1. The van der Waals surface area contributed by atoms with Crippen molar-refractivity contribution in [1.29, 1.82) is 0 Å². The van der Waals surface area contributed by atoms with Gasteiger partial charge in [0.2, 0.25) is 0 Å². The second-order valence-electron chi connectivity index (χ2n) is 4.15. The summed E-state index contributed by atoms with van der Waals surface area (Å²) >= 11 is 5.78. The fourth-order valence-electron chi connectivity index (χ4n) is 1.68. The largest absolute Gasteiger partial charge is 0.345 e. The average Bonchev–Trinajstić information content (AvgIpc) is 2.37. The molecule has 0 saturated heterocycles. The predicted octanol–water partition coefficient (Wildman–Crippen LogP) is 2.59. The van der Waals surface area contributed by atoms with E-state index in [2.05, 4.69) is 5.32 Å². The smallest absolute Gasteiger partial charge is 0.251 e. The first kappa shape index (κ1) is 14.0. The Hall–Kier alpha value is -1.06. The highest BCUT2D eigenvalue weighted by molar-refractivity contribution is 6.30. The minimum absolute atomic E-state index is 0.101. The van der Waals surface area contributed by atoms with Crippen molar-refractivity contribution in [2.24, 2.45) is 5.73 Å². The van der Waals surface area contributed by atoms with Crippen LogP contribution in [0.5, 0.6) is 0 Å². The summed E-state index contributed by atoms with van der Waals surface area (Å²) in [5, 5.41) is 3.63. The average molecular weight is 255 g/mol. The Morgan fingerprint density at radius 1 is 1.29 bits per heavy atom. The number of benzene rings is 1. The molecule has 17 heavy (non-hydrogen) atoms. The normalized spacial score (nSPS) is 11.3. The molecule has 3 nitrogen and oxygen atoms in total. The third kappa shape index (κ3) is 3.45. The Morgan fingerprint density at radius 3 is 2.24 bits per heavy atom.